The molecule has 0 spiro atoms. The average molecular weight is 288 g/mol. The monoisotopic (exact) mass is 288 g/mol. The summed E-state index contributed by atoms with van der Waals surface area (Å²) in [6, 6.07) is -0.614. The minimum absolute atomic E-state index is 0.0930. The molecule has 1 fully saturated rings. The molecule has 7 heteroatoms. The summed E-state index contributed by atoms with van der Waals surface area (Å²) in [5, 5.41) is 4.22. The van der Waals surface area contributed by atoms with E-state index >= 15 is 0 Å². The van der Waals surface area contributed by atoms with Crippen molar-refractivity contribution in [2.24, 2.45) is 5.29 Å². The molecule has 0 N–H and O–H groups in total. The number of hydrogen-bond acceptors (Lipinski definition) is 5. The summed E-state index contributed by atoms with van der Waals surface area (Å²) in [5.74, 6) is -0.430. The molecular formula is C12H24N2O4Si. The van der Waals surface area contributed by atoms with Gasteiger partial charge in [0.2, 0.25) is 0 Å². The molecule has 1 aliphatic heterocycles. The van der Waals surface area contributed by atoms with Crippen LogP contribution in [0.1, 0.15) is 27.2 Å². The maximum atomic E-state index is 11.6. The van der Waals surface area contributed by atoms with Crippen molar-refractivity contribution in [3.63, 3.8) is 0 Å². The summed E-state index contributed by atoms with van der Waals surface area (Å²) >= 11 is 0. The van der Waals surface area contributed by atoms with Crippen LogP contribution in [0.4, 0.5) is 0 Å². The minimum atomic E-state index is -1.91. The molecule has 1 rings (SSSR count). The van der Waals surface area contributed by atoms with E-state index in [1.54, 1.807) is 0 Å². The van der Waals surface area contributed by atoms with E-state index in [2.05, 4.69) is 43.9 Å². The van der Waals surface area contributed by atoms with Crippen LogP contribution in [0.5, 0.6) is 0 Å². The molecule has 0 aromatic carbocycles. The number of carbonyl (C=O) groups is 1. The number of carbonyl (C=O) groups excluding carboxylic acids is 1. The summed E-state index contributed by atoms with van der Waals surface area (Å²) < 4.78 is 10.9. The number of hydrogen-bond donors (Lipinski definition) is 0. The Kier molecular flexibility index (Phi) is 4.73. The van der Waals surface area contributed by atoms with Crippen LogP contribution < -0.4 is 0 Å². The predicted molar refractivity (Wildman–Crippen MR) is 75.0 cm³/mol. The van der Waals surface area contributed by atoms with Gasteiger partial charge in [0.15, 0.2) is 8.32 Å². The Balaban J connectivity index is 2.74. The molecule has 19 heavy (non-hydrogen) atoms. The Labute approximate surface area is 115 Å². The predicted octanol–water partition coefficient (Wildman–Crippen LogP) is 2.31. The van der Waals surface area contributed by atoms with E-state index < -0.39 is 20.3 Å². The first-order chi connectivity index (χ1) is 8.62. The quantitative estimate of drug-likeness (QED) is 0.451. The summed E-state index contributed by atoms with van der Waals surface area (Å²) in [6.45, 7) is 11.1. The molecular weight excluding hydrogens is 264 g/mol. The third-order valence-corrected chi connectivity index (χ3v) is 8.62. The van der Waals surface area contributed by atoms with Crippen molar-refractivity contribution >= 4 is 14.3 Å². The van der Waals surface area contributed by atoms with E-state index in [-0.39, 0.29) is 11.1 Å². The largest absolute Gasteiger partial charge is 0.467 e. The normalized spacial score (nSPS) is 24.4. The summed E-state index contributed by atoms with van der Waals surface area (Å²) in [5.41, 5.74) is 0. The van der Waals surface area contributed by atoms with Gasteiger partial charge in [-0.05, 0) is 18.1 Å². The van der Waals surface area contributed by atoms with Gasteiger partial charge >= 0.3 is 5.97 Å². The van der Waals surface area contributed by atoms with E-state index in [1.807, 2.05) is 0 Å². The van der Waals surface area contributed by atoms with Crippen LogP contribution in [0.15, 0.2) is 5.29 Å². The lowest BCUT2D eigenvalue weighted by Crippen LogP contribution is -2.44. The van der Waals surface area contributed by atoms with Gasteiger partial charge in [0.05, 0.1) is 25.0 Å². The second-order valence-corrected chi connectivity index (χ2v) is 11.2. The molecule has 2 unspecified atom stereocenters. The van der Waals surface area contributed by atoms with Crippen molar-refractivity contribution in [1.82, 2.24) is 5.01 Å². The fraction of sp³-hybridized carbons (Fsp3) is 0.917. The molecule has 0 aromatic rings. The molecule has 1 saturated heterocycles. The Bertz CT molecular complexity index is 354. The number of esters is 1. The minimum Gasteiger partial charge on any atom is -0.467 e. The van der Waals surface area contributed by atoms with Gasteiger partial charge in [-0.1, -0.05) is 20.8 Å². The zero-order chi connectivity index (χ0) is 14.8. The van der Waals surface area contributed by atoms with Gasteiger partial charge in [-0.15, -0.1) is 4.91 Å². The smallest absolute Gasteiger partial charge is 0.330 e. The topological polar surface area (TPSA) is 68.2 Å². The molecule has 0 aliphatic carbocycles. The highest BCUT2D eigenvalue weighted by Gasteiger charge is 2.44. The highest BCUT2D eigenvalue weighted by Crippen LogP contribution is 2.38. The average Bonchev–Trinajstić information content (AvgIpc) is 2.68. The standard InChI is InChI=1S/C12H24N2O4Si/c1-12(2,3)19(5,6)18-9-7-10(11(15)17-4)14(8-9)13-16/h9-10H,7-8H2,1-6H3. The summed E-state index contributed by atoms with van der Waals surface area (Å²) in [7, 11) is -0.596. The van der Waals surface area contributed by atoms with E-state index in [4.69, 9.17) is 4.43 Å². The van der Waals surface area contributed by atoms with E-state index in [0.29, 0.717) is 13.0 Å². The molecule has 2 atom stereocenters. The van der Waals surface area contributed by atoms with Gasteiger partial charge in [0.25, 0.3) is 0 Å². The number of methoxy groups -OCH3 is 1. The number of rotatable bonds is 4. The van der Waals surface area contributed by atoms with Crippen LogP contribution >= 0.6 is 0 Å². The van der Waals surface area contributed by atoms with Crippen molar-refractivity contribution in [2.45, 2.75) is 57.5 Å². The fourth-order valence-corrected chi connectivity index (χ4v) is 3.26. The molecule has 6 nitrogen and oxygen atoms in total. The van der Waals surface area contributed by atoms with Crippen molar-refractivity contribution in [3.8, 4) is 0 Å². The number of nitroso groups, excluding NO2 is 1. The molecule has 0 aromatic heterocycles. The van der Waals surface area contributed by atoms with Crippen LogP contribution in [-0.2, 0) is 14.0 Å². The Morgan fingerprint density at radius 2 is 1.95 bits per heavy atom. The van der Waals surface area contributed by atoms with Crippen LogP contribution in [0.2, 0.25) is 18.1 Å². The molecule has 0 radical (unpaired) electrons. The van der Waals surface area contributed by atoms with Gasteiger partial charge in [-0.2, -0.15) is 0 Å². The van der Waals surface area contributed by atoms with Gasteiger partial charge < -0.3 is 9.16 Å². The van der Waals surface area contributed by atoms with Crippen LogP contribution in [0.25, 0.3) is 0 Å². The Morgan fingerprint density at radius 1 is 1.37 bits per heavy atom. The first-order valence-electron chi connectivity index (χ1n) is 6.48. The summed E-state index contributed by atoms with van der Waals surface area (Å²) in [4.78, 5) is 22.4. The SMILES string of the molecule is COC(=O)C1CC(O[Si](C)(C)C(C)(C)C)CN1N=O. The van der Waals surface area contributed by atoms with Crippen LogP contribution in [0, 0.1) is 4.91 Å². The first kappa shape index (κ1) is 16.1. The van der Waals surface area contributed by atoms with Crippen molar-refractivity contribution in [2.75, 3.05) is 13.7 Å². The zero-order valence-corrected chi connectivity index (χ0v) is 13.6. The Hall–Kier alpha value is -0.953. The van der Waals surface area contributed by atoms with Crippen LogP contribution in [0.3, 0.4) is 0 Å². The highest BCUT2D eigenvalue weighted by molar-refractivity contribution is 6.74. The van der Waals surface area contributed by atoms with Gasteiger partial charge in [-0.3, -0.25) is 0 Å². The van der Waals surface area contributed by atoms with Gasteiger partial charge in [-0.25, -0.2) is 9.80 Å². The zero-order valence-electron chi connectivity index (χ0n) is 12.6. The van der Waals surface area contributed by atoms with Gasteiger partial charge in [0, 0.05) is 6.42 Å². The molecule has 0 bridgehead atoms. The molecule has 110 valence electrons. The maximum Gasteiger partial charge on any atom is 0.330 e. The molecule has 0 saturated carbocycles. The number of nitrogens with zero attached hydrogens (tertiary/aromatic N) is 2. The Morgan fingerprint density at radius 3 is 2.37 bits per heavy atom. The first-order valence-corrected chi connectivity index (χ1v) is 9.38. The fourth-order valence-electron chi connectivity index (χ4n) is 1.90. The maximum absolute atomic E-state index is 11.6. The second kappa shape index (κ2) is 5.58. The van der Waals surface area contributed by atoms with E-state index in [1.165, 1.54) is 12.1 Å². The summed E-state index contributed by atoms with van der Waals surface area (Å²) in [6.07, 6.45) is 0.327. The molecule has 0 amide bonds. The third kappa shape index (κ3) is 3.53. The van der Waals surface area contributed by atoms with Crippen molar-refractivity contribution in [3.05, 3.63) is 4.91 Å². The second-order valence-electron chi connectivity index (χ2n) is 6.48. The number of ether oxygens (including phenoxy) is 1. The highest BCUT2D eigenvalue weighted by atomic mass is 28.4. The van der Waals surface area contributed by atoms with E-state index in [0.717, 1.165) is 0 Å². The van der Waals surface area contributed by atoms with Crippen molar-refractivity contribution in [1.29, 1.82) is 0 Å². The molecule has 1 heterocycles. The van der Waals surface area contributed by atoms with Gasteiger partial charge in [0.1, 0.15) is 6.04 Å². The lowest BCUT2D eigenvalue weighted by Gasteiger charge is -2.38. The van der Waals surface area contributed by atoms with Crippen molar-refractivity contribution < 1.29 is 14.0 Å². The third-order valence-electron chi connectivity index (χ3n) is 4.08. The lowest BCUT2D eigenvalue weighted by atomic mass is 10.2. The van der Waals surface area contributed by atoms with Crippen LogP contribution in [-0.4, -0.2) is 45.1 Å². The molecule has 1 aliphatic rings. The lowest BCUT2D eigenvalue weighted by molar-refractivity contribution is -0.145. The van der Waals surface area contributed by atoms with E-state index in [9.17, 15) is 9.70 Å².